The average molecular weight is 418 g/mol. The van der Waals surface area contributed by atoms with E-state index in [0.29, 0.717) is 22.8 Å². The van der Waals surface area contributed by atoms with E-state index in [2.05, 4.69) is 0 Å². The summed E-state index contributed by atoms with van der Waals surface area (Å²) in [6, 6.07) is 10.9. The van der Waals surface area contributed by atoms with Gasteiger partial charge in [0.15, 0.2) is 17.3 Å². The van der Waals surface area contributed by atoms with E-state index in [1.54, 1.807) is 43.3 Å². The summed E-state index contributed by atoms with van der Waals surface area (Å²) in [4.78, 5) is 38.3. The molecule has 0 atom stereocenters. The highest BCUT2D eigenvalue weighted by molar-refractivity contribution is 8.18. The zero-order valence-corrected chi connectivity index (χ0v) is 16.4. The van der Waals surface area contributed by atoms with Crippen molar-refractivity contribution in [3.63, 3.8) is 0 Å². The van der Waals surface area contributed by atoms with Crippen molar-refractivity contribution in [3.05, 3.63) is 63.5 Å². The van der Waals surface area contributed by atoms with Crippen LogP contribution in [0.15, 0.2) is 47.4 Å². The van der Waals surface area contributed by atoms with Gasteiger partial charge in [0, 0.05) is 10.6 Å². The highest BCUT2D eigenvalue weighted by Gasteiger charge is 2.36. The van der Waals surface area contributed by atoms with E-state index in [-0.39, 0.29) is 28.7 Å². The van der Waals surface area contributed by atoms with E-state index in [0.717, 1.165) is 16.7 Å². The van der Waals surface area contributed by atoms with Gasteiger partial charge in [0.1, 0.15) is 0 Å². The molecule has 2 aromatic rings. The molecular formula is C20H16ClNO5S. The molecule has 0 radical (unpaired) electrons. The number of hydrogen-bond donors (Lipinski definition) is 1. The molecule has 1 saturated heterocycles. The van der Waals surface area contributed by atoms with Crippen molar-refractivity contribution in [3.8, 4) is 11.5 Å². The van der Waals surface area contributed by atoms with Gasteiger partial charge in [-0.3, -0.25) is 19.3 Å². The molecule has 8 heteroatoms. The third-order valence-corrected chi connectivity index (χ3v) is 5.08. The first-order valence-electron chi connectivity index (χ1n) is 8.39. The number of ether oxygens (including phenoxy) is 1. The zero-order chi connectivity index (χ0) is 20.3. The fourth-order valence-electron chi connectivity index (χ4n) is 2.55. The average Bonchev–Trinajstić information content (AvgIpc) is 2.92. The summed E-state index contributed by atoms with van der Waals surface area (Å²) in [6.07, 6.45) is 1.53. The van der Waals surface area contributed by atoms with E-state index >= 15 is 0 Å². The Hall–Kier alpha value is -2.77. The number of phenols is 1. The molecule has 144 valence electrons. The molecule has 0 spiro atoms. The van der Waals surface area contributed by atoms with Crippen LogP contribution < -0.4 is 4.74 Å². The fourth-order valence-corrected chi connectivity index (χ4v) is 3.51. The number of hydrogen-bond acceptors (Lipinski definition) is 6. The standard InChI is InChI=1S/C20H16ClNO5S/c1-2-27-17-9-12(3-8-15(17)23)10-18-19(25)22(20(26)28-18)11-16(24)13-4-6-14(21)7-5-13/h3-10,23H,2,11H2,1H3/b18-10-. The van der Waals surface area contributed by atoms with Crippen LogP contribution in [-0.2, 0) is 4.79 Å². The molecule has 0 aromatic heterocycles. The first-order chi connectivity index (χ1) is 13.4. The summed E-state index contributed by atoms with van der Waals surface area (Å²) >= 11 is 6.57. The highest BCUT2D eigenvalue weighted by atomic mass is 35.5. The smallest absolute Gasteiger partial charge is 0.293 e. The van der Waals surface area contributed by atoms with Crippen molar-refractivity contribution in [2.75, 3.05) is 13.2 Å². The van der Waals surface area contributed by atoms with Gasteiger partial charge in [0.05, 0.1) is 18.1 Å². The van der Waals surface area contributed by atoms with Gasteiger partial charge in [-0.15, -0.1) is 0 Å². The lowest BCUT2D eigenvalue weighted by Crippen LogP contribution is -2.33. The molecule has 1 aliphatic rings. The van der Waals surface area contributed by atoms with E-state index in [4.69, 9.17) is 16.3 Å². The molecule has 28 heavy (non-hydrogen) atoms. The third kappa shape index (κ3) is 4.37. The van der Waals surface area contributed by atoms with E-state index in [1.807, 2.05) is 0 Å². The summed E-state index contributed by atoms with van der Waals surface area (Å²) in [5.41, 5.74) is 0.961. The van der Waals surface area contributed by atoms with Gasteiger partial charge in [0.2, 0.25) is 0 Å². The molecule has 6 nitrogen and oxygen atoms in total. The molecular weight excluding hydrogens is 402 g/mol. The Labute approximate surface area is 170 Å². The predicted octanol–water partition coefficient (Wildman–Crippen LogP) is 4.36. The number of ketones is 1. The summed E-state index contributed by atoms with van der Waals surface area (Å²) in [7, 11) is 0. The van der Waals surface area contributed by atoms with Gasteiger partial charge in [-0.2, -0.15) is 0 Å². The number of nitrogens with zero attached hydrogens (tertiary/aromatic N) is 1. The number of thioether (sulfide) groups is 1. The van der Waals surface area contributed by atoms with Gasteiger partial charge < -0.3 is 9.84 Å². The van der Waals surface area contributed by atoms with Crippen molar-refractivity contribution in [2.45, 2.75) is 6.92 Å². The molecule has 2 amide bonds. The van der Waals surface area contributed by atoms with Gasteiger partial charge in [-0.05, 0) is 66.7 Å². The van der Waals surface area contributed by atoms with Crippen LogP contribution in [0.3, 0.4) is 0 Å². The van der Waals surface area contributed by atoms with Crippen molar-refractivity contribution in [2.24, 2.45) is 0 Å². The first kappa shape index (κ1) is 20.0. The summed E-state index contributed by atoms with van der Waals surface area (Å²) < 4.78 is 5.32. The monoisotopic (exact) mass is 417 g/mol. The van der Waals surface area contributed by atoms with E-state index in [9.17, 15) is 19.5 Å². The van der Waals surface area contributed by atoms with Crippen LogP contribution in [0.1, 0.15) is 22.8 Å². The second-order valence-corrected chi connectivity index (χ2v) is 7.29. The maximum atomic E-state index is 12.6. The Morgan fingerprint density at radius 3 is 2.61 bits per heavy atom. The number of carbonyl (C=O) groups is 3. The molecule has 0 unspecified atom stereocenters. The van der Waals surface area contributed by atoms with Gasteiger partial charge in [-0.1, -0.05) is 17.7 Å². The SMILES string of the molecule is CCOc1cc(/C=C2\SC(=O)N(CC(=O)c3ccc(Cl)cc3)C2=O)ccc1O. The maximum absolute atomic E-state index is 12.6. The van der Waals surface area contributed by atoms with Gasteiger partial charge in [-0.25, -0.2) is 0 Å². The Morgan fingerprint density at radius 2 is 1.93 bits per heavy atom. The number of rotatable bonds is 6. The van der Waals surface area contributed by atoms with Crippen LogP contribution in [0.2, 0.25) is 5.02 Å². The van der Waals surface area contributed by atoms with Crippen LogP contribution in [0.4, 0.5) is 4.79 Å². The highest BCUT2D eigenvalue weighted by Crippen LogP contribution is 2.34. The topological polar surface area (TPSA) is 83.9 Å². The van der Waals surface area contributed by atoms with Gasteiger partial charge >= 0.3 is 0 Å². The minimum Gasteiger partial charge on any atom is -0.504 e. The second-order valence-electron chi connectivity index (χ2n) is 5.86. The Bertz CT molecular complexity index is 971. The molecule has 2 aromatic carbocycles. The summed E-state index contributed by atoms with van der Waals surface area (Å²) in [5, 5.41) is 9.74. The Kier molecular flexibility index (Phi) is 6.06. The van der Waals surface area contributed by atoms with Crippen LogP contribution >= 0.6 is 23.4 Å². The zero-order valence-electron chi connectivity index (χ0n) is 14.8. The molecule has 1 heterocycles. The largest absolute Gasteiger partial charge is 0.504 e. The Morgan fingerprint density at radius 1 is 1.21 bits per heavy atom. The molecule has 0 bridgehead atoms. The first-order valence-corrected chi connectivity index (χ1v) is 9.58. The Balaban J connectivity index is 1.77. The van der Waals surface area contributed by atoms with E-state index < -0.39 is 11.1 Å². The maximum Gasteiger partial charge on any atom is 0.293 e. The lowest BCUT2D eigenvalue weighted by Gasteiger charge is -2.11. The normalized spacial score (nSPS) is 15.4. The lowest BCUT2D eigenvalue weighted by molar-refractivity contribution is -0.122. The fraction of sp³-hybridized carbons (Fsp3) is 0.150. The number of Topliss-reactive ketones (excluding diaryl/α,β-unsaturated/α-hetero) is 1. The van der Waals surface area contributed by atoms with Crippen LogP contribution in [0.25, 0.3) is 6.08 Å². The van der Waals surface area contributed by atoms with Gasteiger partial charge in [0.25, 0.3) is 11.1 Å². The van der Waals surface area contributed by atoms with Crippen LogP contribution in [0.5, 0.6) is 11.5 Å². The number of imide groups is 1. The number of benzene rings is 2. The quantitative estimate of drug-likeness (QED) is 0.555. The summed E-state index contributed by atoms with van der Waals surface area (Å²) in [6.45, 7) is 1.82. The lowest BCUT2D eigenvalue weighted by atomic mass is 10.1. The summed E-state index contributed by atoms with van der Waals surface area (Å²) in [5.74, 6) is -0.624. The number of carbonyl (C=O) groups excluding carboxylic acids is 3. The number of amides is 2. The van der Waals surface area contributed by atoms with Crippen molar-refractivity contribution in [1.82, 2.24) is 4.90 Å². The minimum absolute atomic E-state index is 0.0133. The third-order valence-electron chi connectivity index (χ3n) is 3.92. The van der Waals surface area contributed by atoms with Crippen LogP contribution in [-0.4, -0.2) is 40.1 Å². The number of halogens is 1. The molecule has 1 aliphatic heterocycles. The molecule has 3 rings (SSSR count). The number of phenolic OH excluding ortho intramolecular Hbond substituents is 1. The van der Waals surface area contributed by atoms with Crippen molar-refractivity contribution < 1.29 is 24.2 Å². The molecule has 0 aliphatic carbocycles. The second kappa shape index (κ2) is 8.50. The van der Waals surface area contributed by atoms with Crippen molar-refractivity contribution >= 4 is 46.4 Å². The van der Waals surface area contributed by atoms with E-state index in [1.165, 1.54) is 12.1 Å². The minimum atomic E-state index is -0.539. The number of aromatic hydroxyl groups is 1. The molecule has 1 N–H and O–H groups in total. The predicted molar refractivity (Wildman–Crippen MR) is 108 cm³/mol. The molecule has 1 fully saturated rings. The van der Waals surface area contributed by atoms with Crippen molar-refractivity contribution in [1.29, 1.82) is 0 Å². The molecule has 0 saturated carbocycles. The van der Waals surface area contributed by atoms with Crippen LogP contribution in [0, 0.1) is 0 Å².